The number of nitrogens with one attached hydrogen (secondary N) is 2. The van der Waals surface area contributed by atoms with Crippen molar-refractivity contribution in [1.29, 1.82) is 0 Å². The van der Waals surface area contributed by atoms with Crippen molar-refractivity contribution in [3.8, 4) is 0 Å². The molecule has 23 heavy (non-hydrogen) atoms. The largest absolute Gasteiger partial charge is 0.302 e. The molecule has 2 rings (SSSR count). The second-order valence-corrected chi connectivity index (χ2v) is 7.57. The summed E-state index contributed by atoms with van der Waals surface area (Å²) in [5.41, 5.74) is 3.46. The highest BCUT2D eigenvalue weighted by Crippen LogP contribution is 2.22. The smallest absolute Gasteiger partial charge is 0.229 e. The lowest BCUT2D eigenvalue weighted by Gasteiger charge is -2.21. The lowest BCUT2D eigenvalue weighted by Crippen LogP contribution is -2.23. The molecular formula is C17H23N3O2S. The van der Waals surface area contributed by atoms with Crippen molar-refractivity contribution < 1.29 is 8.42 Å². The van der Waals surface area contributed by atoms with Gasteiger partial charge in [-0.15, -0.1) is 0 Å². The molecule has 0 aliphatic rings. The van der Waals surface area contributed by atoms with E-state index in [4.69, 9.17) is 0 Å². The lowest BCUT2D eigenvalue weighted by molar-refractivity contribution is 0.486. The Morgan fingerprint density at radius 2 is 1.74 bits per heavy atom. The standard InChI is InChI=1S/C17H23N3O2S/c1-12-10-16(18-11-17(12)20-23(4,21)22)14(3)19-13(2)15-8-6-5-7-9-15/h5-11,13-14,19-20H,1-4H3/t13-,14-/m1/s1. The monoisotopic (exact) mass is 333 g/mol. The van der Waals surface area contributed by atoms with Crippen molar-refractivity contribution in [3.63, 3.8) is 0 Å². The Labute approximate surface area is 138 Å². The predicted molar refractivity (Wildman–Crippen MR) is 93.8 cm³/mol. The molecule has 0 fully saturated rings. The van der Waals surface area contributed by atoms with Gasteiger partial charge in [-0.1, -0.05) is 30.3 Å². The van der Waals surface area contributed by atoms with E-state index in [2.05, 4.69) is 34.1 Å². The number of nitrogens with zero attached hydrogens (tertiary/aromatic N) is 1. The average molecular weight is 333 g/mol. The van der Waals surface area contributed by atoms with E-state index in [9.17, 15) is 8.42 Å². The molecule has 6 heteroatoms. The molecular weight excluding hydrogens is 310 g/mol. The van der Waals surface area contributed by atoms with Gasteiger partial charge in [0.05, 0.1) is 23.8 Å². The van der Waals surface area contributed by atoms with Crippen LogP contribution in [-0.2, 0) is 10.0 Å². The van der Waals surface area contributed by atoms with Crippen LogP contribution in [0.3, 0.4) is 0 Å². The van der Waals surface area contributed by atoms with Crippen LogP contribution in [0.25, 0.3) is 0 Å². The first kappa shape index (κ1) is 17.4. The molecule has 0 radical (unpaired) electrons. The first-order valence-electron chi connectivity index (χ1n) is 7.51. The highest BCUT2D eigenvalue weighted by Gasteiger charge is 2.14. The summed E-state index contributed by atoms with van der Waals surface area (Å²) in [5.74, 6) is 0. The molecule has 5 nitrogen and oxygen atoms in total. The van der Waals surface area contributed by atoms with Gasteiger partial charge in [0.25, 0.3) is 0 Å². The maximum absolute atomic E-state index is 11.3. The summed E-state index contributed by atoms with van der Waals surface area (Å²) in [5, 5.41) is 3.51. The Kier molecular flexibility index (Phi) is 5.38. The molecule has 2 N–H and O–H groups in total. The van der Waals surface area contributed by atoms with Crippen LogP contribution in [0, 0.1) is 6.92 Å². The number of aromatic nitrogens is 1. The summed E-state index contributed by atoms with van der Waals surface area (Å²) >= 11 is 0. The molecule has 2 aromatic rings. The van der Waals surface area contributed by atoms with Crippen molar-refractivity contribution >= 4 is 15.7 Å². The maximum atomic E-state index is 11.3. The fourth-order valence-corrected chi connectivity index (χ4v) is 3.03. The minimum Gasteiger partial charge on any atom is -0.302 e. The van der Waals surface area contributed by atoms with E-state index < -0.39 is 10.0 Å². The van der Waals surface area contributed by atoms with Gasteiger partial charge in [-0.25, -0.2) is 8.42 Å². The van der Waals surface area contributed by atoms with Crippen LogP contribution in [0.4, 0.5) is 5.69 Å². The molecule has 0 aliphatic carbocycles. The SMILES string of the molecule is Cc1cc([C@@H](C)N[C@H](C)c2ccccc2)ncc1NS(C)(=O)=O. The van der Waals surface area contributed by atoms with E-state index in [1.807, 2.05) is 38.1 Å². The summed E-state index contributed by atoms with van der Waals surface area (Å²) in [6.07, 6.45) is 2.70. The van der Waals surface area contributed by atoms with Gasteiger partial charge in [0.1, 0.15) is 0 Å². The summed E-state index contributed by atoms with van der Waals surface area (Å²) in [7, 11) is -3.29. The molecule has 0 unspecified atom stereocenters. The van der Waals surface area contributed by atoms with Crippen molar-refractivity contribution in [2.75, 3.05) is 11.0 Å². The lowest BCUT2D eigenvalue weighted by atomic mass is 10.1. The Morgan fingerprint density at radius 1 is 1.09 bits per heavy atom. The molecule has 0 spiro atoms. The molecule has 0 aliphatic heterocycles. The van der Waals surface area contributed by atoms with Gasteiger partial charge in [0, 0.05) is 12.1 Å². The Hall–Kier alpha value is -1.92. The molecule has 2 atom stereocenters. The van der Waals surface area contributed by atoms with Gasteiger partial charge >= 0.3 is 0 Å². The first-order chi connectivity index (χ1) is 10.8. The second kappa shape index (κ2) is 7.10. The van der Waals surface area contributed by atoms with Crippen molar-refractivity contribution in [3.05, 3.63) is 59.4 Å². The second-order valence-electron chi connectivity index (χ2n) is 5.82. The van der Waals surface area contributed by atoms with E-state index in [1.165, 1.54) is 5.56 Å². The molecule has 0 saturated heterocycles. The molecule has 1 heterocycles. The van der Waals surface area contributed by atoms with Crippen molar-refractivity contribution in [2.24, 2.45) is 0 Å². The molecule has 0 saturated carbocycles. The minimum absolute atomic E-state index is 0.0520. The van der Waals surface area contributed by atoms with Crippen LogP contribution in [0.1, 0.15) is 42.8 Å². The third kappa shape index (κ3) is 5.04. The summed E-state index contributed by atoms with van der Waals surface area (Å²) in [6, 6.07) is 12.4. The predicted octanol–water partition coefficient (Wildman–Crippen LogP) is 3.17. The van der Waals surface area contributed by atoms with Crippen molar-refractivity contribution in [2.45, 2.75) is 32.9 Å². The van der Waals surface area contributed by atoms with E-state index in [1.54, 1.807) is 6.20 Å². The topological polar surface area (TPSA) is 71.1 Å². The van der Waals surface area contributed by atoms with Crippen LogP contribution < -0.4 is 10.0 Å². The fourth-order valence-electron chi connectivity index (χ4n) is 2.42. The average Bonchev–Trinajstić information content (AvgIpc) is 2.48. The van der Waals surface area contributed by atoms with Gasteiger partial charge in [0.2, 0.25) is 10.0 Å². The van der Waals surface area contributed by atoms with E-state index >= 15 is 0 Å². The Balaban J connectivity index is 2.11. The number of pyridine rings is 1. The number of aryl methyl sites for hydroxylation is 1. The molecule has 124 valence electrons. The molecule has 0 bridgehead atoms. The first-order valence-corrected chi connectivity index (χ1v) is 9.41. The summed E-state index contributed by atoms with van der Waals surface area (Å²) in [4.78, 5) is 4.38. The minimum atomic E-state index is -3.29. The number of hydrogen-bond acceptors (Lipinski definition) is 4. The molecule has 1 aromatic heterocycles. The van der Waals surface area contributed by atoms with Gasteiger partial charge < -0.3 is 5.32 Å². The van der Waals surface area contributed by atoms with Gasteiger partial charge in [0.15, 0.2) is 0 Å². The third-order valence-corrected chi connectivity index (χ3v) is 4.26. The normalized spacial score (nSPS) is 14.3. The third-order valence-electron chi connectivity index (χ3n) is 3.67. The zero-order chi connectivity index (χ0) is 17.0. The number of sulfonamides is 1. The molecule has 0 amide bonds. The van der Waals surface area contributed by atoms with Crippen LogP contribution in [0.5, 0.6) is 0 Å². The molecule has 1 aromatic carbocycles. The number of anilines is 1. The van der Waals surface area contributed by atoms with Crippen LogP contribution in [-0.4, -0.2) is 19.7 Å². The van der Waals surface area contributed by atoms with Crippen LogP contribution >= 0.6 is 0 Å². The summed E-state index contributed by atoms with van der Waals surface area (Å²) in [6.45, 7) is 6.02. The van der Waals surface area contributed by atoms with Gasteiger partial charge in [-0.05, 0) is 38.0 Å². The number of benzene rings is 1. The zero-order valence-electron chi connectivity index (χ0n) is 13.9. The quantitative estimate of drug-likeness (QED) is 0.852. The Bertz CT molecular complexity index is 761. The highest BCUT2D eigenvalue weighted by molar-refractivity contribution is 7.92. The van der Waals surface area contributed by atoms with E-state index in [0.717, 1.165) is 17.5 Å². The maximum Gasteiger partial charge on any atom is 0.229 e. The van der Waals surface area contributed by atoms with E-state index in [-0.39, 0.29) is 12.1 Å². The Morgan fingerprint density at radius 3 is 2.30 bits per heavy atom. The number of hydrogen-bond donors (Lipinski definition) is 2. The van der Waals surface area contributed by atoms with E-state index in [0.29, 0.717) is 5.69 Å². The van der Waals surface area contributed by atoms with Crippen LogP contribution in [0.2, 0.25) is 0 Å². The number of rotatable bonds is 6. The van der Waals surface area contributed by atoms with Gasteiger partial charge in [-0.3, -0.25) is 9.71 Å². The fraction of sp³-hybridized carbons (Fsp3) is 0.353. The van der Waals surface area contributed by atoms with Gasteiger partial charge in [-0.2, -0.15) is 0 Å². The zero-order valence-corrected chi connectivity index (χ0v) is 14.7. The van der Waals surface area contributed by atoms with Crippen LogP contribution in [0.15, 0.2) is 42.6 Å². The highest BCUT2D eigenvalue weighted by atomic mass is 32.2. The van der Waals surface area contributed by atoms with Crippen molar-refractivity contribution in [1.82, 2.24) is 10.3 Å². The summed E-state index contributed by atoms with van der Waals surface area (Å²) < 4.78 is 25.1.